The van der Waals surface area contributed by atoms with Gasteiger partial charge in [-0.1, -0.05) is 37.1 Å². The monoisotopic (exact) mass is 329 g/mol. The fourth-order valence-electron chi connectivity index (χ4n) is 2.95. The molecule has 0 saturated heterocycles. The van der Waals surface area contributed by atoms with Gasteiger partial charge in [-0.15, -0.1) is 11.3 Å². The number of nitrogens with one attached hydrogen (secondary N) is 1. The van der Waals surface area contributed by atoms with Gasteiger partial charge in [-0.25, -0.2) is 0 Å². The van der Waals surface area contributed by atoms with E-state index in [-0.39, 0.29) is 17.7 Å². The number of hydrogen-bond donors (Lipinski definition) is 2. The van der Waals surface area contributed by atoms with Gasteiger partial charge in [0.25, 0.3) is 5.91 Å². The lowest BCUT2D eigenvalue weighted by atomic mass is 9.92. The minimum absolute atomic E-state index is 0.144. The Labute approximate surface area is 139 Å². The predicted octanol–water partition coefficient (Wildman–Crippen LogP) is 3.01. The number of carbonyl (C=O) groups is 2. The van der Waals surface area contributed by atoms with Crippen LogP contribution in [-0.2, 0) is 0 Å². The molecule has 5 heteroatoms. The van der Waals surface area contributed by atoms with Crippen LogP contribution in [0.4, 0.5) is 0 Å². The molecule has 1 aliphatic carbocycles. The van der Waals surface area contributed by atoms with Crippen molar-refractivity contribution in [3.8, 4) is 0 Å². The molecule has 1 aliphatic rings. The van der Waals surface area contributed by atoms with Crippen LogP contribution >= 0.6 is 11.3 Å². The molecular weight excluding hydrogens is 310 g/mol. The van der Waals surface area contributed by atoms with Crippen LogP contribution < -0.4 is 5.32 Å². The van der Waals surface area contributed by atoms with Gasteiger partial charge in [0.15, 0.2) is 0 Å². The zero-order valence-electron chi connectivity index (χ0n) is 12.7. The molecule has 2 aromatic rings. The van der Waals surface area contributed by atoms with Gasteiger partial charge in [-0.05, 0) is 30.4 Å². The van der Waals surface area contributed by atoms with E-state index in [0.717, 1.165) is 19.3 Å². The van der Waals surface area contributed by atoms with Crippen LogP contribution in [0.1, 0.15) is 51.3 Å². The average Bonchev–Trinajstić information content (AvgIpc) is 3.11. The van der Waals surface area contributed by atoms with E-state index in [4.69, 9.17) is 0 Å². The van der Waals surface area contributed by atoms with E-state index in [0.29, 0.717) is 22.4 Å². The third-order valence-corrected chi connectivity index (χ3v) is 5.08. The number of carbonyl (C=O) groups excluding carboxylic acids is 2. The molecule has 1 fully saturated rings. The van der Waals surface area contributed by atoms with Crippen LogP contribution in [0.25, 0.3) is 0 Å². The highest BCUT2D eigenvalue weighted by molar-refractivity contribution is 7.12. The fourth-order valence-corrected chi connectivity index (χ4v) is 3.62. The smallest absolute Gasteiger partial charge is 0.252 e. The zero-order chi connectivity index (χ0) is 16.2. The van der Waals surface area contributed by atoms with Crippen molar-refractivity contribution >= 4 is 23.0 Å². The molecule has 4 nitrogen and oxygen atoms in total. The highest BCUT2D eigenvalue weighted by Crippen LogP contribution is 2.21. The molecule has 1 saturated carbocycles. The number of rotatable bonds is 4. The van der Waals surface area contributed by atoms with E-state index in [1.807, 2.05) is 11.4 Å². The van der Waals surface area contributed by atoms with Crippen LogP contribution in [0.3, 0.4) is 0 Å². The van der Waals surface area contributed by atoms with Crippen molar-refractivity contribution < 1.29 is 14.7 Å². The van der Waals surface area contributed by atoms with Gasteiger partial charge >= 0.3 is 0 Å². The molecule has 1 aromatic heterocycles. The summed E-state index contributed by atoms with van der Waals surface area (Å²) >= 11 is 1.36. The van der Waals surface area contributed by atoms with Crippen LogP contribution in [0.5, 0.6) is 0 Å². The Morgan fingerprint density at radius 2 is 1.78 bits per heavy atom. The summed E-state index contributed by atoms with van der Waals surface area (Å²) in [6.45, 7) is 0. The van der Waals surface area contributed by atoms with Gasteiger partial charge in [0.05, 0.1) is 22.6 Å². The molecule has 120 valence electrons. The molecule has 0 aliphatic heterocycles. The van der Waals surface area contributed by atoms with Crippen LogP contribution in [-0.4, -0.2) is 28.9 Å². The second-order valence-electron chi connectivity index (χ2n) is 5.78. The van der Waals surface area contributed by atoms with Gasteiger partial charge < -0.3 is 10.4 Å². The van der Waals surface area contributed by atoms with Crippen LogP contribution in [0.15, 0.2) is 41.8 Å². The number of aliphatic hydroxyl groups excluding tert-OH is 1. The summed E-state index contributed by atoms with van der Waals surface area (Å²) in [4.78, 5) is 25.8. The highest BCUT2D eigenvalue weighted by Gasteiger charge is 2.26. The average molecular weight is 329 g/mol. The molecule has 0 radical (unpaired) electrons. The number of thiophene rings is 1. The van der Waals surface area contributed by atoms with Gasteiger partial charge in [0, 0.05) is 5.56 Å². The molecule has 1 aromatic carbocycles. The first-order valence-electron chi connectivity index (χ1n) is 7.83. The summed E-state index contributed by atoms with van der Waals surface area (Å²) in [6, 6.07) is 10.2. The molecule has 3 rings (SSSR count). The Kier molecular flexibility index (Phi) is 4.88. The maximum Gasteiger partial charge on any atom is 0.252 e. The second kappa shape index (κ2) is 7.06. The molecular formula is C18H19NO3S. The topological polar surface area (TPSA) is 66.4 Å². The van der Waals surface area contributed by atoms with E-state index in [1.165, 1.54) is 11.3 Å². The number of ketones is 1. The highest BCUT2D eigenvalue weighted by atomic mass is 32.1. The van der Waals surface area contributed by atoms with Gasteiger partial charge in [0.2, 0.25) is 5.78 Å². The lowest BCUT2D eigenvalue weighted by molar-refractivity contribution is 0.0715. The van der Waals surface area contributed by atoms with Crippen LogP contribution in [0, 0.1) is 0 Å². The Morgan fingerprint density at radius 3 is 2.48 bits per heavy atom. The maximum absolute atomic E-state index is 12.6. The first-order chi connectivity index (χ1) is 11.2. The zero-order valence-corrected chi connectivity index (χ0v) is 13.5. The van der Waals surface area contributed by atoms with Crippen molar-refractivity contribution in [1.29, 1.82) is 0 Å². The van der Waals surface area contributed by atoms with Gasteiger partial charge in [-0.3, -0.25) is 9.59 Å². The van der Waals surface area contributed by atoms with Crippen molar-refractivity contribution in [2.24, 2.45) is 0 Å². The quantitative estimate of drug-likeness (QED) is 0.848. The van der Waals surface area contributed by atoms with Crippen molar-refractivity contribution in [2.45, 2.75) is 37.8 Å². The van der Waals surface area contributed by atoms with Crippen molar-refractivity contribution in [1.82, 2.24) is 5.32 Å². The Morgan fingerprint density at radius 1 is 1.04 bits per heavy atom. The van der Waals surface area contributed by atoms with Crippen LogP contribution in [0.2, 0.25) is 0 Å². The largest absolute Gasteiger partial charge is 0.391 e. The van der Waals surface area contributed by atoms with Crippen molar-refractivity contribution in [2.75, 3.05) is 0 Å². The first kappa shape index (κ1) is 15.9. The third kappa shape index (κ3) is 3.51. The summed E-state index contributed by atoms with van der Waals surface area (Å²) in [6.07, 6.45) is 2.96. The van der Waals surface area contributed by atoms with E-state index in [1.54, 1.807) is 30.3 Å². The Balaban J connectivity index is 1.82. The summed E-state index contributed by atoms with van der Waals surface area (Å²) in [5, 5.41) is 14.7. The standard InChI is InChI=1S/C18H19NO3S/c20-15-9-4-3-8-14(15)19-18(22)13-7-2-1-6-12(13)17(21)16-10-5-11-23-16/h1-2,5-7,10-11,14-15,20H,3-4,8-9H2,(H,19,22). The van der Waals surface area contributed by atoms with E-state index < -0.39 is 6.10 Å². The lowest BCUT2D eigenvalue weighted by Crippen LogP contribution is -2.45. The normalized spacial score (nSPS) is 20.9. The molecule has 0 spiro atoms. The molecule has 1 heterocycles. The lowest BCUT2D eigenvalue weighted by Gasteiger charge is -2.28. The van der Waals surface area contributed by atoms with E-state index in [2.05, 4.69) is 5.32 Å². The summed E-state index contributed by atoms with van der Waals surface area (Å²) in [5.41, 5.74) is 0.765. The van der Waals surface area contributed by atoms with Gasteiger partial charge in [0.1, 0.15) is 0 Å². The van der Waals surface area contributed by atoms with Gasteiger partial charge in [-0.2, -0.15) is 0 Å². The molecule has 2 N–H and O–H groups in total. The van der Waals surface area contributed by atoms with E-state index in [9.17, 15) is 14.7 Å². The Hall–Kier alpha value is -1.98. The maximum atomic E-state index is 12.6. The molecule has 2 unspecified atom stereocenters. The summed E-state index contributed by atoms with van der Waals surface area (Å²) < 4.78 is 0. The first-order valence-corrected chi connectivity index (χ1v) is 8.71. The number of hydrogen-bond acceptors (Lipinski definition) is 4. The fraction of sp³-hybridized carbons (Fsp3) is 0.333. The number of aliphatic hydroxyl groups is 1. The minimum atomic E-state index is -0.507. The number of benzene rings is 1. The number of amides is 1. The predicted molar refractivity (Wildman–Crippen MR) is 89.9 cm³/mol. The van der Waals surface area contributed by atoms with Crippen molar-refractivity contribution in [3.63, 3.8) is 0 Å². The molecule has 0 bridgehead atoms. The summed E-state index contributed by atoms with van der Waals surface area (Å²) in [7, 11) is 0. The Bertz CT molecular complexity index is 696. The minimum Gasteiger partial charge on any atom is -0.391 e. The third-order valence-electron chi connectivity index (χ3n) is 4.21. The SMILES string of the molecule is O=C(NC1CCCCC1O)c1ccccc1C(=O)c1cccs1. The molecule has 1 amide bonds. The molecule has 2 atom stereocenters. The molecule has 23 heavy (non-hydrogen) atoms. The van der Waals surface area contributed by atoms with E-state index >= 15 is 0 Å². The second-order valence-corrected chi connectivity index (χ2v) is 6.73. The van der Waals surface area contributed by atoms with Crippen molar-refractivity contribution in [3.05, 3.63) is 57.8 Å². The summed E-state index contributed by atoms with van der Waals surface area (Å²) in [5.74, 6) is -0.439.